The molecule has 0 spiro atoms. The Labute approximate surface area is 258 Å². The zero-order chi connectivity index (χ0) is 31.9. The number of unbranched alkanes of at least 4 members (excludes halogenated alkanes) is 1. The molecule has 0 unspecified atom stereocenters. The third-order valence-corrected chi connectivity index (χ3v) is 8.31. The second-order valence-corrected chi connectivity index (χ2v) is 11.8. The van der Waals surface area contributed by atoms with Gasteiger partial charge in [-0.25, -0.2) is 17.9 Å². The second-order valence-electron chi connectivity index (χ2n) is 9.74. The first-order chi connectivity index (χ1) is 20.9. The number of rotatable bonds is 10. The molecule has 0 radical (unpaired) electrons. The van der Waals surface area contributed by atoms with Gasteiger partial charge in [0.05, 0.1) is 21.0 Å². The molecule has 0 bridgehead atoms. The van der Waals surface area contributed by atoms with Gasteiger partial charge >= 0.3 is 12.3 Å². The Balaban J connectivity index is 1.54. The Morgan fingerprint density at radius 3 is 2.20 bits per heavy atom. The summed E-state index contributed by atoms with van der Waals surface area (Å²) in [5, 5.41) is 0.102. The van der Waals surface area contributed by atoms with Gasteiger partial charge in [0, 0.05) is 18.7 Å². The number of carbonyl (C=O) groups excluding carboxylic acids is 2. The molecule has 0 saturated heterocycles. The van der Waals surface area contributed by atoms with E-state index in [0.29, 0.717) is 23.1 Å². The molecule has 230 valence electrons. The number of benzene rings is 4. The molecule has 0 fully saturated rings. The highest BCUT2D eigenvalue weighted by Crippen LogP contribution is 2.36. The SMILES string of the molecule is CCCCN(Cc1ccc(-c2ccccc2S(=O)(=O)NC(=O)c2ccccc2Cl)cc1)C(=O)Oc1ccccc1C(F)(F)F. The number of nitrogens with one attached hydrogen (secondary N) is 1. The average Bonchev–Trinajstić information content (AvgIpc) is 2.99. The Morgan fingerprint density at radius 2 is 1.52 bits per heavy atom. The van der Waals surface area contributed by atoms with Gasteiger partial charge in [-0.05, 0) is 47.9 Å². The van der Waals surface area contributed by atoms with Crippen LogP contribution in [-0.4, -0.2) is 31.9 Å². The van der Waals surface area contributed by atoms with Crippen LogP contribution in [0, 0.1) is 0 Å². The zero-order valence-corrected chi connectivity index (χ0v) is 25.0. The molecule has 4 aromatic carbocycles. The van der Waals surface area contributed by atoms with E-state index in [1.54, 1.807) is 48.5 Å². The van der Waals surface area contributed by atoms with Crippen molar-refractivity contribution in [3.63, 3.8) is 0 Å². The number of sulfonamides is 1. The molecule has 4 aromatic rings. The Bertz CT molecular complexity index is 1750. The Hall–Kier alpha value is -4.35. The van der Waals surface area contributed by atoms with Crippen molar-refractivity contribution in [1.29, 1.82) is 0 Å². The number of amides is 2. The predicted molar refractivity (Wildman–Crippen MR) is 161 cm³/mol. The van der Waals surface area contributed by atoms with Crippen molar-refractivity contribution in [2.75, 3.05) is 6.54 Å². The molecule has 7 nitrogen and oxygen atoms in total. The van der Waals surface area contributed by atoms with Crippen molar-refractivity contribution in [3.8, 4) is 16.9 Å². The van der Waals surface area contributed by atoms with Gasteiger partial charge in [-0.3, -0.25) is 4.79 Å². The van der Waals surface area contributed by atoms with Crippen molar-refractivity contribution in [3.05, 3.63) is 119 Å². The molecule has 0 aromatic heterocycles. The van der Waals surface area contributed by atoms with Crippen LogP contribution in [0.3, 0.4) is 0 Å². The summed E-state index contributed by atoms with van der Waals surface area (Å²) in [6.45, 7) is 2.21. The van der Waals surface area contributed by atoms with Gasteiger partial charge in [-0.1, -0.05) is 91.7 Å². The lowest BCUT2D eigenvalue weighted by molar-refractivity contribution is -0.138. The van der Waals surface area contributed by atoms with Crippen molar-refractivity contribution < 1.29 is 35.9 Å². The monoisotopic (exact) mass is 644 g/mol. The number of nitrogens with zero attached hydrogens (tertiary/aromatic N) is 1. The van der Waals surface area contributed by atoms with E-state index in [1.807, 2.05) is 6.92 Å². The van der Waals surface area contributed by atoms with Gasteiger partial charge in [-0.2, -0.15) is 13.2 Å². The van der Waals surface area contributed by atoms with Gasteiger partial charge in [0.1, 0.15) is 5.75 Å². The summed E-state index contributed by atoms with van der Waals surface area (Å²) >= 11 is 6.05. The van der Waals surface area contributed by atoms with E-state index in [-0.39, 0.29) is 28.6 Å². The summed E-state index contributed by atoms with van der Waals surface area (Å²) in [7, 11) is -4.31. The minimum atomic E-state index is -4.69. The number of alkyl halides is 3. The van der Waals surface area contributed by atoms with Crippen LogP contribution in [0.25, 0.3) is 11.1 Å². The highest BCUT2D eigenvalue weighted by Gasteiger charge is 2.35. The topological polar surface area (TPSA) is 92.8 Å². The van der Waals surface area contributed by atoms with Gasteiger partial charge in [0.25, 0.3) is 15.9 Å². The third kappa shape index (κ3) is 7.97. The van der Waals surface area contributed by atoms with Crippen LogP contribution in [0.5, 0.6) is 5.75 Å². The predicted octanol–water partition coefficient (Wildman–Crippen LogP) is 7.95. The molecule has 44 heavy (non-hydrogen) atoms. The smallest absolute Gasteiger partial charge is 0.410 e. The maximum atomic E-state index is 13.4. The highest BCUT2D eigenvalue weighted by atomic mass is 35.5. The van der Waals surface area contributed by atoms with Crippen LogP contribution in [0.1, 0.15) is 41.3 Å². The van der Waals surface area contributed by atoms with Gasteiger partial charge < -0.3 is 9.64 Å². The fourth-order valence-corrected chi connectivity index (χ4v) is 5.78. The standard InChI is InChI=1S/C32H28ClF3N2O5S/c1-2-3-20-38(31(40)43-28-14-8-6-12-26(28)32(34,35)36)21-22-16-18-23(19-17-22)24-10-5-9-15-29(24)44(41,42)37-30(39)25-11-4-7-13-27(25)33/h4-19H,2-3,20-21H2,1H3,(H,37,39). The van der Waals surface area contributed by atoms with Crippen LogP contribution in [0.2, 0.25) is 5.02 Å². The van der Waals surface area contributed by atoms with Crippen LogP contribution in [0.4, 0.5) is 18.0 Å². The Morgan fingerprint density at radius 1 is 0.886 bits per heavy atom. The number of para-hydroxylation sites is 1. The zero-order valence-electron chi connectivity index (χ0n) is 23.5. The Kier molecular flexibility index (Phi) is 10.3. The molecule has 12 heteroatoms. The van der Waals surface area contributed by atoms with Crippen LogP contribution in [0.15, 0.2) is 102 Å². The molecule has 0 heterocycles. The van der Waals surface area contributed by atoms with Crippen LogP contribution < -0.4 is 9.46 Å². The maximum absolute atomic E-state index is 13.4. The summed E-state index contributed by atoms with van der Waals surface area (Å²) in [4.78, 5) is 26.9. The second kappa shape index (κ2) is 14.0. The fraction of sp³-hybridized carbons (Fsp3) is 0.188. The van der Waals surface area contributed by atoms with E-state index in [1.165, 1.54) is 41.3 Å². The quantitative estimate of drug-likeness (QED) is 0.189. The molecule has 0 aliphatic heterocycles. The summed E-state index contributed by atoms with van der Waals surface area (Å²) < 4.78 is 74.0. The number of hydrogen-bond acceptors (Lipinski definition) is 5. The molecular formula is C32H28ClF3N2O5S. The first-order valence-corrected chi connectivity index (χ1v) is 15.4. The average molecular weight is 645 g/mol. The number of carbonyl (C=O) groups is 2. The van der Waals surface area contributed by atoms with Crippen LogP contribution in [-0.2, 0) is 22.7 Å². The summed E-state index contributed by atoms with van der Waals surface area (Å²) in [6, 6.07) is 23.4. The molecule has 2 amide bonds. The highest BCUT2D eigenvalue weighted by molar-refractivity contribution is 7.90. The number of ether oxygens (including phenoxy) is 1. The first kappa shape index (κ1) is 32.6. The van der Waals surface area contributed by atoms with Gasteiger partial charge in [0.2, 0.25) is 0 Å². The lowest BCUT2D eigenvalue weighted by atomic mass is 10.0. The van der Waals surface area contributed by atoms with E-state index < -0.39 is 39.5 Å². The minimum absolute atomic E-state index is 0.00706. The van der Waals surface area contributed by atoms with E-state index in [2.05, 4.69) is 4.72 Å². The molecule has 0 aliphatic rings. The molecule has 0 saturated carbocycles. The number of halogens is 4. The van der Waals surface area contributed by atoms with Crippen molar-refractivity contribution >= 4 is 33.6 Å². The normalized spacial score (nSPS) is 11.6. The summed E-state index contributed by atoms with van der Waals surface area (Å²) in [5.74, 6) is -1.46. The molecule has 0 aliphatic carbocycles. The third-order valence-electron chi connectivity index (χ3n) is 6.59. The lowest BCUT2D eigenvalue weighted by Gasteiger charge is -2.23. The van der Waals surface area contributed by atoms with Gasteiger partial charge in [0.15, 0.2) is 0 Å². The van der Waals surface area contributed by atoms with E-state index in [0.717, 1.165) is 18.6 Å². The van der Waals surface area contributed by atoms with Crippen molar-refractivity contribution in [1.82, 2.24) is 9.62 Å². The van der Waals surface area contributed by atoms with Crippen molar-refractivity contribution in [2.24, 2.45) is 0 Å². The van der Waals surface area contributed by atoms with E-state index in [4.69, 9.17) is 16.3 Å². The van der Waals surface area contributed by atoms with Crippen molar-refractivity contribution in [2.45, 2.75) is 37.4 Å². The summed E-state index contributed by atoms with van der Waals surface area (Å²) in [5.41, 5.74) is 0.432. The summed E-state index contributed by atoms with van der Waals surface area (Å²) in [6.07, 6.45) is -4.29. The molecule has 0 atom stereocenters. The van der Waals surface area contributed by atoms with E-state index >= 15 is 0 Å². The maximum Gasteiger partial charge on any atom is 0.419 e. The number of hydrogen-bond donors (Lipinski definition) is 1. The first-order valence-electron chi connectivity index (χ1n) is 13.5. The largest absolute Gasteiger partial charge is 0.419 e. The lowest BCUT2D eigenvalue weighted by Crippen LogP contribution is -2.34. The van der Waals surface area contributed by atoms with E-state index in [9.17, 15) is 31.2 Å². The minimum Gasteiger partial charge on any atom is -0.410 e. The van der Waals surface area contributed by atoms with Crippen LogP contribution >= 0.6 is 11.6 Å². The molecule has 4 rings (SSSR count). The van der Waals surface area contributed by atoms with Gasteiger partial charge in [-0.15, -0.1) is 0 Å². The molecule has 1 N–H and O–H groups in total. The molecular weight excluding hydrogens is 617 g/mol. The fourth-order valence-electron chi connectivity index (χ4n) is 4.36.